The molecule has 0 aromatic heterocycles. The molecule has 2 fully saturated rings. The minimum atomic E-state index is 0.407. The molecule has 2 heterocycles. The lowest BCUT2D eigenvalue weighted by atomic mass is 9.95. The average molecular weight is 242 g/mol. The summed E-state index contributed by atoms with van der Waals surface area (Å²) in [4.78, 5) is 2.52. The van der Waals surface area contributed by atoms with Crippen LogP contribution in [0.4, 0.5) is 0 Å². The van der Waals surface area contributed by atoms with Crippen molar-refractivity contribution >= 4 is 0 Å². The van der Waals surface area contributed by atoms with Crippen LogP contribution in [0.1, 0.15) is 19.8 Å². The lowest BCUT2D eigenvalue weighted by molar-refractivity contribution is -0.0182. The maximum Gasteiger partial charge on any atom is 0.0724 e. The van der Waals surface area contributed by atoms with Gasteiger partial charge < -0.3 is 19.7 Å². The number of hydrogen-bond donors (Lipinski definition) is 1. The lowest BCUT2D eigenvalue weighted by Gasteiger charge is -2.37. The van der Waals surface area contributed by atoms with E-state index in [0.29, 0.717) is 18.1 Å². The van der Waals surface area contributed by atoms with Crippen LogP contribution in [0.2, 0.25) is 0 Å². The van der Waals surface area contributed by atoms with Gasteiger partial charge in [-0.25, -0.2) is 0 Å². The summed E-state index contributed by atoms with van der Waals surface area (Å²) in [6, 6.07) is 0. The molecule has 4 nitrogen and oxygen atoms in total. The van der Waals surface area contributed by atoms with Gasteiger partial charge in [0.2, 0.25) is 0 Å². The van der Waals surface area contributed by atoms with Gasteiger partial charge in [-0.2, -0.15) is 0 Å². The number of ether oxygens (including phenoxy) is 2. The zero-order valence-electron chi connectivity index (χ0n) is 11.2. The molecule has 0 aliphatic carbocycles. The molecule has 0 saturated carbocycles. The molecule has 2 aliphatic rings. The Hall–Kier alpha value is -0.160. The Morgan fingerprint density at radius 2 is 2.35 bits per heavy atom. The molecule has 2 saturated heterocycles. The minimum Gasteiger partial charge on any atom is -0.380 e. The van der Waals surface area contributed by atoms with Crippen LogP contribution in [-0.2, 0) is 9.47 Å². The summed E-state index contributed by atoms with van der Waals surface area (Å²) in [5.41, 5.74) is 0. The number of nitrogens with zero attached hydrogens (tertiary/aromatic N) is 1. The van der Waals surface area contributed by atoms with Gasteiger partial charge in [0.1, 0.15) is 0 Å². The third kappa shape index (κ3) is 3.91. The lowest BCUT2D eigenvalue weighted by Crippen LogP contribution is -2.46. The van der Waals surface area contributed by atoms with Crippen LogP contribution < -0.4 is 5.32 Å². The second-order valence-corrected chi connectivity index (χ2v) is 5.33. The Bertz CT molecular complexity index is 219. The molecule has 0 spiro atoms. The van der Waals surface area contributed by atoms with Gasteiger partial charge in [-0.3, -0.25) is 0 Å². The van der Waals surface area contributed by atoms with Crippen LogP contribution in [0.5, 0.6) is 0 Å². The second-order valence-electron chi connectivity index (χ2n) is 5.33. The normalized spacial score (nSPS) is 36.0. The SMILES string of the molecule is COC1CN(CCC2CNCCO2)CCC1C. The van der Waals surface area contributed by atoms with Crippen molar-refractivity contribution in [3.63, 3.8) is 0 Å². The highest BCUT2D eigenvalue weighted by molar-refractivity contribution is 4.79. The van der Waals surface area contributed by atoms with E-state index in [1.54, 1.807) is 0 Å². The van der Waals surface area contributed by atoms with E-state index in [0.717, 1.165) is 39.2 Å². The molecule has 3 atom stereocenters. The van der Waals surface area contributed by atoms with Gasteiger partial charge in [-0.1, -0.05) is 6.92 Å². The van der Waals surface area contributed by atoms with Gasteiger partial charge in [-0.15, -0.1) is 0 Å². The third-order valence-electron chi connectivity index (χ3n) is 4.05. The van der Waals surface area contributed by atoms with E-state index in [2.05, 4.69) is 17.1 Å². The average Bonchev–Trinajstić information content (AvgIpc) is 2.39. The maximum atomic E-state index is 5.72. The van der Waals surface area contributed by atoms with Crippen LogP contribution in [0.15, 0.2) is 0 Å². The molecule has 3 unspecified atom stereocenters. The van der Waals surface area contributed by atoms with Gasteiger partial charge in [0.15, 0.2) is 0 Å². The van der Waals surface area contributed by atoms with Crippen LogP contribution in [0.3, 0.4) is 0 Å². The monoisotopic (exact) mass is 242 g/mol. The fourth-order valence-electron chi connectivity index (χ4n) is 2.74. The molecule has 0 bridgehead atoms. The number of nitrogens with one attached hydrogen (secondary N) is 1. The van der Waals surface area contributed by atoms with E-state index in [4.69, 9.17) is 9.47 Å². The van der Waals surface area contributed by atoms with E-state index >= 15 is 0 Å². The van der Waals surface area contributed by atoms with Crippen LogP contribution in [-0.4, -0.2) is 63.5 Å². The van der Waals surface area contributed by atoms with Crippen molar-refractivity contribution in [3.05, 3.63) is 0 Å². The van der Waals surface area contributed by atoms with Crippen molar-refractivity contribution in [1.29, 1.82) is 0 Å². The molecule has 2 rings (SSSR count). The second kappa shape index (κ2) is 6.69. The first-order valence-electron chi connectivity index (χ1n) is 6.87. The van der Waals surface area contributed by atoms with Crippen LogP contribution >= 0.6 is 0 Å². The summed E-state index contributed by atoms with van der Waals surface area (Å²) >= 11 is 0. The van der Waals surface area contributed by atoms with Crippen molar-refractivity contribution in [2.75, 3.05) is 46.4 Å². The van der Waals surface area contributed by atoms with Gasteiger partial charge in [0, 0.05) is 33.3 Å². The summed E-state index contributed by atoms with van der Waals surface area (Å²) in [7, 11) is 1.83. The molecule has 0 amide bonds. The van der Waals surface area contributed by atoms with Crippen LogP contribution in [0.25, 0.3) is 0 Å². The largest absolute Gasteiger partial charge is 0.380 e. The van der Waals surface area contributed by atoms with Gasteiger partial charge in [-0.05, 0) is 25.3 Å². The zero-order valence-corrected chi connectivity index (χ0v) is 11.2. The zero-order chi connectivity index (χ0) is 12.1. The predicted octanol–water partition coefficient (Wildman–Crippen LogP) is 0.722. The number of rotatable bonds is 4. The number of morpholine rings is 1. The Morgan fingerprint density at radius 1 is 1.47 bits per heavy atom. The molecule has 4 heteroatoms. The first-order chi connectivity index (χ1) is 8.29. The molecule has 0 aromatic rings. The van der Waals surface area contributed by atoms with Crippen molar-refractivity contribution in [3.8, 4) is 0 Å². The molecule has 100 valence electrons. The van der Waals surface area contributed by atoms with E-state index in [1.165, 1.54) is 13.0 Å². The Kier molecular flexibility index (Phi) is 5.22. The first-order valence-corrected chi connectivity index (χ1v) is 6.87. The standard InChI is InChI=1S/C13H26N2O2/c1-11-3-6-15(10-13(11)16-2)7-4-12-9-14-5-8-17-12/h11-14H,3-10H2,1-2H3. The molecule has 0 aromatic carbocycles. The van der Waals surface area contributed by atoms with Gasteiger partial charge in [0.05, 0.1) is 18.8 Å². The number of likely N-dealkylation sites (tertiary alicyclic amines) is 1. The van der Waals surface area contributed by atoms with E-state index in [1.807, 2.05) is 7.11 Å². The highest BCUT2D eigenvalue weighted by Gasteiger charge is 2.26. The molecule has 0 radical (unpaired) electrons. The number of piperidine rings is 1. The highest BCUT2D eigenvalue weighted by Crippen LogP contribution is 2.19. The Balaban J connectivity index is 1.68. The van der Waals surface area contributed by atoms with E-state index in [9.17, 15) is 0 Å². The third-order valence-corrected chi connectivity index (χ3v) is 4.05. The van der Waals surface area contributed by atoms with Crippen LogP contribution in [0, 0.1) is 5.92 Å². The summed E-state index contributed by atoms with van der Waals surface area (Å²) in [5, 5.41) is 3.38. The number of methoxy groups -OCH3 is 1. The van der Waals surface area contributed by atoms with Crippen molar-refractivity contribution < 1.29 is 9.47 Å². The van der Waals surface area contributed by atoms with Crippen molar-refractivity contribution in [2.45, 2.75) is 32.0 Å². The Labute approximate surface area is 105 Å². The predicted molar refractivity (Wildman–Crippen MR) is 68.2 cm³/mol. The smallest absolute Gasteiger partial charge is 0.0724 e. The molecular formula is C13H26N2O2. The molecule has 17 heavy (non-hydrogen) atoms. The summed E-state index contributed by atoms with van der Waals surface area (Å²) in [6.45, 7) is 8.60. The Morgan fingerprint density at radius 3 is 3.06 bits per heavy atom. The summed E-state index contributed by atoms with van der Waals surface area (Å²) in [6.07, 6.45) is 3.21. The molecule has 1 N–H and O–H groups in total. The minimum absolute atomic E-state index is 0.407. The fourth-order valence-corrected chi connectivity index (χ4v) is 2.74. The summed E-state index contributed by atoms with van der Waals surface area (Å²) in [5.74, 6) is 0.698. The highest BCUT2D eigenvalue weighted by atomic mass is 16.5. The van der Waals surface area contributed by atoms with E-state index < -0.39 is 0 Å². The number of hydrogen-bond acceptors (Lipinski definition) is 4. The first kappa shape index (κ1) is 13.3. The quantitative estimate of drug-likeness (QED) is 0.788. The molecule has 2 aliphatic heterocycles. The van der Waals surface area contributed by atoms with Gasteiger partial charge >= 0.3 is 0 Å². The van der Waals surface area contributed by atoms with E-state index in [-0.39, 0.29) is 0 Å². The maximum absolute atomic E-state index is 5.72. The topological polar surface area (TPSA) is 33.7 Å². The summed E-state index contributed by atoms with van der Waals surface area (Å²) < 4.78 is 11.3. The fraction of sp³-hybridized carbons (Fsp3) is 1.00. The van der Waals surface area contributed by atoms with Crippen molar-refractivity contribution in [1.82, 2.24) is 10.2 Å². The van der Waals surface area contributed by atoms with Crippen molar-refractivity contribution in [2.24, 2.45) is 5.92 Å². The van der Waals surface area contributed by atoms with Gasteiger partial charge in [0.25, 0.3) is 0 Å². The molecular weight excluding hydrogens is 216 g/mol.